The van der Waals surface area contributed by atoms with Gasteiger partial charge in [-0.1, -0.05) is 65.8 Å². The Morgan fingerprint density at radius 2 is 1.43 bits per heavy atom. The minimum atomic E-state index is -0.864. The molecule has 21 heteroatoms. The molecule has 4 amide bonds. The lowest BCUT2D eigenvalue weighted by Gasteiger charge is -2.34. The number of likely N-dealkylation sites (tertiary alicyclic amines) is 2. The number of pyridine rings is 1. The van der Waals surface area contributed by atoms with Crippen LogP contribution in [0.25, 0.3) is 0 Å². The molecule has 4 aliphatic rings. The zero-order valence-electron chi connectivity index (χ0n) is 40.9. The third kappa shape index (κ3) is 10.9. The highest BCUT2D eigenvalue weighted by molar-refractivity contribution is 5.91. The van der Waals surface area contributed by atoms with Crippen LogP contribution in [0.5, 0.6) is 0 Å². The van der Waals surface area contributed by atoms with E-state index < -0.39 is 47.2 Å². The lowest BCUT2D eigenvalue weighted by Crippen LogP contribution is -2.50. The van der Waals surface area contributed by atoms with Gasteiger partial charge in [-0.2, -0.15) is 5.10 Å². The molecule has 21 nitrogen and oxygen atoms in total. The van der Waals surface area contributed by atoms with Crippen molar-refractivity contribution in [2.45, 2.75) is 161 Å². The normalized spacial score (nSPS) is 23.8. The van der Waals surface area contributed by atoms with E-state index in [2.05, 4.69) is 46.3 Å². The van der Waals surface area contributed by atoms with E-state index in [4.69, 9.17) is 10.5 Å². The van der Waals surface area contributed by atoms with Crippen LogP contribution in [0.4, 0.5) is 5.82 Å². The molecule has 368 valence electrons. The van der Waals surface area contributed by atoms with Crippen molar-refractivity contribution < 1.29 is 29.0 Å². The van der Waals surface area contributed by atoms with E-state index in [-0.39, 0.29) is 61.1 Å². The molecule has 4 aromatic heterocycles. The van der Waals surface area contributed by atoms with Crippen molar-refractivity contribution >= 4 is 29.4 Å². The predicted octanol–water partition coefficient (Wildman–Crippen LogP) is 2.37. The average Bonchev–Trinajstić information content (AvgIpc) is 3.84. The molecule has 4 aromatic rings. The van der Waals surface area contributed by atoms with Gasteiger partial charge in [0.25, 0.3) is 0 Å². The molecule has 68 heavy (non-hydrogen) atoms. The first-order valence-corrected chi connectivity index (χ1v) is 24.1. The van der Waals surface area contributed by atoms with Crippen LogP contribution in [0.3, 0.4) is 0 Å². The van der Waals surface area contributed by atoms with Crippen LogP contribution in [-0.4, -0.2) is 145 Å². The molecule has 4 fully saturated rings. The van der Waals surface area contributed by atoms with Crippen LogP contribution >= 0.6 is 0 Å². The van der Waals surface area contributed by atoms with Crippen LogP contribution in [0, 0.1) is 10.8 Å². The van der Waals surface area contributed by atoms with E-state index in [0.717, 1.165) is 35.7 Å². The predicted molar refractivity (Wildman–Crippen MR) is 248 cm³/mol. The first-order valence-electron chi connectivity index (χ1n) is 24.1. The Bertz CT molecular complexity index is 2460. The zero-order valence-corrected chi connectivity index (χ0v) is 40.9. The molecule has 0 spiro atoms. The smallest absolute Gasteiger partial charge is 0.248 e. The summed E-state index contributed by atoms with van der Waals surface area (Å²) >= 11 is 0. The summed E-state index contributed by atoms with van der Waals surface area (Å²) in [7, 11) is 1.83. The van der Waals surface area contributed by atoms with Gasteiger partial charge in [-0.05, 0) is 54.2 Å². The molecule has 2 aliphatic carbocycles. The van der Waals surface area contributed by atoms with E-state index in [9.17, 15) is 24.3 Å². The number of anilines is 1. The molecule has 5 N–H and O–H groups in total. The van der Waals surface area contributed by atoms with Crippen LogP contribution in [0.1, 0.15) is 146 Å². The number of aliphatic hydroxyl groups excluding tert-OH is 1. The number of aliphatic hydroxyl groups is 1. The number of β-amino-alcohol motifs (C(OH)–C–C–N with tert-alkyl or cyclic N) is 1. The van der Waals surface area contributed by atoms with Gasteiger partial charge < -0.3 is 36.0 Å². The Labute approximate surface area is 397 Å². The zero-order chi connectivity index (χ0) is 48.8. The molecule has 8 rings (SSSR count). The maximum atomic E-state index is 14.8. The number of nitrogens with two attached hydrogens (primary N) is 1. The maximum Gasteiger partial charge on any atom is 0.248 e. The number of carbonyl (C=O) groups excluding carboxylic acids is 4. The number of carbonyl (C=O) groups is 4. The fraction of sp³-hybridized carbons (Fsp3) is 0.681. The molecule has 6 heterocycles. The van der Waals surface area contributed by atoms with Gasteiger partial charge in [0.15, 0.2) is 5.82 Å². The van der Waals surface area contributed by atoms with Gasteiger partial charge in [0, 0.05) is 88.8 Å². The SMILES string of the molecule is CC(C)c1nc(CCNC(=O)[C@@H]2C[C@@H](O)CN2C(=O)[C@@H](n2cc(C3CC3O[C@@H]3C[C@@H](C(=O)NCCc4ccnc(N)c4)N(C(=O)[C@@H](n4cc(C5CC5)nn4)C(C)(C)C)C3)nn2)C(C)(C)C)n(C)n1. The largest absolute Gasteiger partial charge is 0.391 e. The minimum absolute atomic E-state index is 0.0151. The Morgan fingerprint density at radius 3 is 2.01 bits per heavy atom. The molecule has 0 bridgehead atoms. The minimum Gasteiger partial charge on any atom is -0.391 e. The highest BCUT2D eigenvalue weighted by atomic mass is 16.5. The second kappa shape index (κ2) is 19.3. The number of hydrogen-bond acceptors (Lipinski definition) is 14. The number of nitrogens with one attached hydrogen (secondary N) is 2. The molecular weight excluding hydrogens is 871 g/mol. The van der Waals surface area contributed by atoms with E-state index in [0.29, 0.717) is 56.2 Å². The van der Waals surface area contributed by atoms with Crippen LogP contribution in [0.2, 0.25) is 0 Å². The molecule has 2 unspecified atom stereocenters. The molecule has 0 aromatic carbocycles. The van der Waals surface area contributed by atoms with Crippen molar-refractivity contribution in [3.63, 3.8) is 0 Å². The molecule has 2 saturated carbocycles. The van der Waals surface area contributed by atoms with Crippen LogP contribution < -0.4 is 16.4 Å². The fourth-order valence-electron chi connectivity index (χ4n) is 9.63. The second-order valence-electron chi connectivity index (χ2n) is 21.7. The summed E-state index contributed by atoms with van der Waals surface area (Å²) in [5, 5.41) is 39.1. The number of rotatable bonds is 17. The van der Waals surface area contributed by atoms with Gasteiger partial charge in [-0.3, -0.25) is 23.9 Å². The summed E-state index contributed by atoms with van der Waals surface area (Å²) in [6, 6.07) is 0.443. The highest BCUT2D eigenvalue weighted by Gasteiger charge is 2.51. The van der Waals surface area contributed by atoms with Gasteiger partial charge in [-0.15, -0.1) is 10.2 Å². The number of nitrogens with zero attached hydrogens (tertiary/aromatic N) is 12. The summed E-state index contributed by atoms with van der Waals surface area (Å²) < 4.78 is 11.6. The first kappa shape index (κ1) is 48.6. The van der Waals surface area contributed by atoms with Crippen molar-refractivity contribution in [3.05, 3.63) is 59.3 Å². The van der Waals surface area contributed by atoms with Crippen molar-refractivity contribution in [1.82, 2.24) is 70.2 Å². The summed E-state index contributed by atoms with van der Waals surface area (Å²) in [5.74, 6) is 1.12. The Hall–Kier alpha value is -5.83. The van der Waals surface area contributed by atoms with Crippen molar-refractivity contribution in [2.24, 2.45) is 17.9 Å². The summed E-state index contributed by atoms with van der Waals surface area (Å²) in [4.78, 5) is 68.7. The Kier molecular flexibility index (Phi) is 13.8. The van der Waals surface area contributed by atoms with E-state index in [1.807, 2.05) is 74.7 Å². The summed E-state index contributed by atoms with van der Waals surface area (Å²) in [5.41, 5.74) is 7.16. The van der Waals surface area contributed by atoms with Crippen molar-refractivity contribution in [1.29, 1.82) is 0 Å². The van der Waals surface area contributed by atoms with Gasteiger partial charge >= 0.3 is 0 Å². The quantitative estimate of drug-likeness (QED) is 0.119. The maximum absolute atomic E-state index is 14.8. The third-order valence-corrected chi connectivity index (χ3v) is 13.5. The van der Waals surface area contributed by atoms with Gasteiger partial charge in [0.05, 0.1) is 29.7 Å². The van der Waals surface area contributed by atoms with Crippen LogP contribution in [0.15, 0.2) is 30.7 Å². The lowest BCUT2D eigenvalue weighted by molar-refractivity contribution is -0.144. The van der Waals surface area contributed by atoms with Gasteiger partial charge in [-0.25, -0.2) is 19.3 Å². The summed E-state index contributed by atoms with van der Waals surface area (Å²) in [6.45, 7) is 16.7. The molecular formula is C47H69N15O6. The monoisotopic (exact) mass is 940 g/mol. The lowest BCUT2D eigenvalue weighted by atomic mass is 9.85. The molecule has 0 radical (unpaired) electrons. The standard InChI is InChI=1S/C47H69N15O6/c1-26(2)41-52-38(58(9)55-41)14-17-51-42(64)34-19-29(63)22-59(34)44(66)39(46(3,4)5)62-25-33(54-57-62)31-21-36(31)68-30-20-35(43(65)50-16-13-27-12-15-49-37(48)18-27)60(23-30)45(67)40(47(6,7)8)61-24-32(53-56-61)28-10-11-28/h12,15,18,24-26,28-31,34-36,39-40,63H,10-11,13-14,16-17,19-23H2,1-9H3,(H2,48,49)(H,50,65)(H,51,64)/t29-,30-,31?,34+,35+,36?,39-,40-/m1/s1. The highest BCUT2D eigenvalue weighted by Crippen LogP contribution is 2.46. The number of aromatic nitrogens is 10. The Balaban J connectivity index is 0.931. The number of aryl methyl sites for hydroxylation is 1. The summed E-state index contributed by atoms with van der Waals surface area (Å²) in [6.07, 6.45) is 7.90. The fourth-order valence-corrected chi connectivity index (χ4v) is 9.63. The second-order valence-corrected chi connectivity index (χ2v) is 21.7. The molecule has 2 aliphatic heterocycles. The van der Waals surface area contributed by atoms with E-state index >= 15 is 0 Å². The number of hydrogen-bond donors (Lipinski definition) is 4. The van der Waals surface area contributed by atoms with E-state index in [1.165, 1.54) is 4.90 Å². The molecule has 2 saturated heterocycles. The number of amides is 4. The number of ether oxygens (including phenoxy) is 1. The Morgan fingerprint density at radius 1 is 0.838 bits per heavy atom. The van der Waals surface area contributed by atoms with Crippen LogP contribution in [-0.2, 0) is 43.8 Å². The van der Waals surface area contributed by atoms with E-state index in [1.54, 1.807) is 37.4 Å². The number of nitrogen functional groups attached to an aromatic ring is 1. The van der Waals surface area contributed by atoms with Crippen molar-refractivity contribution in [3.8, 4) is 0 Å². The third-order valence-electron chi connectivity index (χ3n) is 13.5. The first-order chi connectivity index (χ1) is 32.2. The van der Waals surface area contributed by atoms with Crippen molar-refractivity contribution in [2.75, 3.05) is 31.9 Å². The van der Waals surface area contributed by atoms with Gasteiger partial charge in [0.1, 0.15) is 35.8 Å². The molecule has 8 atom stereocenters. The average molecular weight is 940 g/mol. The van der Waals surface area contributed by atoms with Gasteiger partial charge in [0.2, 0.25) is 23.6 Å². The topological polar surface area (TPSA) is 259 Å².